The van der Waals surface area contributed by atoms with Gasteiger partial charge in [-0.2, -0.15) is 13.2 Å². The van der Waals surface area contributed by atoms with Gasteiger partial charge < -0.3 is 15.5 Å². The van der Waals surface area contributed by atoms with Crippen molar-refractivity contribution < 1.29 is 22.8 Å². The number of nitrogens with zero attached hydrogens (tertiary/aromatic N) is 2. The summed E-state index contributed by atoms with van der Waals surface area (Å²) in [6.07, 6.45) is -0.706. The highest BCUT2D eigenvalue weighted by molar-refractivity contribution is 5.81. The molecule has 0 aliphatic carbocycles. The van der Waals surface area contributed by atoms with E-state index < -0.39 is 30.7 Å². The van der Waals surface area contributed by atoms with Gasteiger partial charge in [0.25, 0.3) is 0 Å². The Morgan fingerprint density at radius 1 is 1.42 bits per heavy atom. The van der Waals surface area contributed by atoms with E-state index in [4.69, 9.17) is 0 Å². The highest BCUT2D eigenvalue weighted by atomic mass is 19.4. The van der Waals surface area contributed by atoms with E-state index in [0.29, 0.717) is 11.3 Å². The lowest BCUT2D eigenvalue weighted by atomic mass is 10.1. The fourth-order valence-corrected chi connectivity index (χ4v) is 2.64. The van der Waals surface area contributed by atoms with Gasteiger partial charge in [-0.25, -0.2) is 4.79 Å². The van der Waals surface area contributed by atoms with Crippen molar-refractivity contribution in [2.45, 2.75) is 38.0 Å². The van der Waals surface area contributed by atoms with Crippen molar-refractivity contribution in [1.29, 1.82) is 0 Å². The molecule has 0 unspecified atom stereocenters. The fourth-order valence-electron chi connectivity index (χ4n) is 2.64. The molecule has 0 aromatic carbocycles. The molecule has 2 atom stereocenters. The molecule has 3 amide bonds. The number of alkyl halides is 3. The lowest BCUT2D eigenvalue weighted by molar-refractivity contribution is -0.157. The molecule has 0 bridgehead atoms. The van der Waals surface area contributed by atoms with Crippen LogP contribution < -0.4 is 10.6 Å². The monoisotopic (exact) mass is 344 g/mol. The molecule has 1 aliphatic rings. The predicted octanol–water partition coefficient (Wildman–Crippen LogP) is 2.00. The Bertz CT molecular complexity index is 580. The number of rotatable bonds is 5. The predicted molar refractivity (Wildman–Crippen MR) is 80.0 cm³/mol. The van der Waals surface area contributed by atoms with E-state index in [1.807, 2.05) is 6.92 Å². The van der Waals surface area contributed by atoms with Crippen LogP contribution in [0.2, 0.25) is 0 Å². The largest absolute Gasteiger partial charge is 0.406 e. The molecule has 0 radical (unpaired) electrons. The number of likely N-dealkylation sites (tertiary alicyclic amines) is 1. The second-order valence-corrected chi connectivity index (χ2v) is 5.65. The SMILES string of the molecule is CC[C@H](NC(=O)N[C@@H]1CC(=O)N(CC(F)(F)F)C1)c1ccncc1. The Labute approximate surface area is 137 Å². The molecular formula is C15H19F3N4O2. The summed E-state index contributed by atoms with van der Waals surface area (Å²) in [6, 6.07) is 2.17. The van der Waals surface area contributed by atoms with E-state index in [9.17, 15) is 22.8 Å². The number of urea groups is 1. The number of aromatic nitrogens is 1. The first-order valence-electron chi connectivity index (χ1n) is 7.60. The molecule has 2 N–H and O–H groups in total. The van der Waals surface area contributed by atoms with Gasteiger partial charge in [0.1, 0.15) is 6.54 Å². The highest BCUT2D eigenvalue weighted by Gasteiger charge is 2.38. The quantitative estimate of drug-likeness (QED) is 0.858. The molecule has 132 valence electrons. The van der Waals surface area contributed by atoms with E-state index in [-0.39, 0.29) is 19.0 Å². The third kappa shape index (κ3) is 5.10. The van der Waals surface area contributed by atoms with Crippen LogP contribution in [0.4, 0.5) is 18.0 Å². The van der Waals surface area contributed by atoms with Crippen LogP contribution in [0, 0.1) is 0 Å². The summed E-state index contributed by atoms with van der Waals surface area (Å²) in [4.78, 5) is 28.3. The Hall–Kier alpha value is -2.32. The molecule has 9 heteroatoms. The zero-order valence-electron chi connectivity index (χ0n) is 13.1. The summed E-state index contributed by atoms with van der Waals surface area (Å²) in [7, 11) is 0. The highest BCUT2D eigenvalue weighted by Crippen LogP contribution is 2.21. The number of nitrogens with one attached hydrogen (secondary N) is 2. The Morgan fingerprint density at radius 3 is 2.67 bits per heavy atom. The van der Waals surface area contributed by atoms with Crippen molar-refractivity contribution in [3.63, 3.8) is 0 Å². The molecule has 1 aliphatic heterocycles. The molecule has 0 spiro atoms. The number of hydrogen-bond donors (Lipinski definition) is 2. The van der Waals surface area contributed by atoms with E-state index in [1.54, 1.807) is 24.5 Å². The zero-order chi connectivity index (χ0) is 17.7. The van der Waals surface area contributed by atoms with Gasteiger partial charge in [-0.15, -0.1) is 0 Å². The molecule has 0 saturated carbocycles. The Balaban J connectivity index is 1.87. The molecule has 1 saturated heterocycles. The van der Waals surface area contributed by atoms with Gasteiger partial charge >= 0.3 is 12.2 Å². The van der Waals surface area contributed by atoms with Gasteiger partial charge in [0.15, 0.2) is 0 Å². The van der Waals surface area contributed by atoms with E-state index in [1.165, 1.54) is 0 Å². The zero-order valence-corrected chi connectivity index (χ0v) is 13.1. The van der Waals surface area contributed by atoms with Gasteiger partial charge in [0, 0.05) is 25.4 Å². The maximum absolute atomic E-state index is 12.4. The molecular weight excluding hydrogens is 325 g/mol. The summed E-state index contributed by atoms with van der Waals surface area (Å²) >= 11 is 0. The van der Waals surface area contributed by atoms with Crippen LogP contribution in [0.1, 0.15) is 31.4 Å². The minimum Gasteiger partial charge on any atom is -0.333 e. The van der Waals surface area contributed by atoms with Crippen LogP contribution in [0.3, 0.4) is 0 Å². The average Bonchev–Trinajstić information content (AvgIpc) is 2.83. The second kappa shape index (κ2) is 7.50. The summed E-state index contributed by atoms with van der Waals surface area (Å²) < 4.78 is 37.1. The van der Waals surface area contributed by atoms with Crippen LogP contribution in [-0.4, -0.2) is 47.1 Å². The topological polar surface area (TPSA) is 74.3 Å². The number of amides is 3. The number of carbonyl (C=O) groups is 2. The van der Waals surface area contributed by atoms with Crippen LogP contribution in [0.5, 0.6) is 0 Å². The van der Waals surface area contributed by atoms with E-state index in [2.05, 4.69) is 15.6 Å². The first kappa shape index (κ1) is 18.0. The van der Waals surface area contributed by atoms with Gasteiger partial charge in [0.05, 0.1) is 12.1 Å². The van der Waals surface area contributed by atoms with Crippen molar-refractivity contribution in [3.05, 3.63) is 30.1 Å². The normalized spacial score (nSPS) is 19.2. The maximum atomic E-state index is 12.4. The van der Waals surface area contributed by atoms with Crippen molar-refractivity contribution in [1.82, 2.24) is 20.5 Å². The third-order valence-corrected chi connectivity index (χ3v) is 3.74. The lowest BCUT2D eigenvalue weighted by Crippen LogP contribution is -2.45. The number of pyridine rings is 1. The second-order valence-electron chi connectivity index (χ2n) is 5.65. The molecule has 1 aromatic rings. The first-order valence-corrected chi connectivity index (χ1v) is 7.60. The van der Waals surface area contributed by atoms with Crippen molar-refractivity contribution in [3.8, 4) is 0 Å². The summed E-state index contributed by atoms with van der Waals surface area (Å²) in [6.45, 7) is 0.466. The van der Waals surface area contributed by atoms with Crippen molar-refractivity contribution in [2.75, 3.05) is 13.1 Å². The smallest absolute Gasteiger partial charge is 0.333 e. The van der Waals surface area contributed by atoms with Crippen molar-refractivity contribution >= 4 is 11.9 Å². The Kier molecular flexibility index (Phi) is 5.63. The first-order chi connectivity index (χ1) is 11.3. The summed E-state index contributed by atoms with van der Waals surface area (Å²) in [5.74, 6) is -0.612. The third-order valence-electron chi connectivity index (χ3n) is 3.74. The number of hydrogen-bond acceptors (Lipinski definition) is 3. The summed E-state index contributed by atoms with van der Waals surface area (Å²) in [5.41, 5.74) is 0.879. The van der Waals surface area contributed by atoms with Crippen molar-refractivity contribution in [2.24, 2.45) is 0 Å². The molecule has 1 aromatic heterocycles. The van der Waals surface area contributed by atoms with Crippen LogP contribution in [0.25, 0.3) is 0 Å². The van der Waals surface area contributed by atoms with Gasteiger partial charge in [-0.1, -0.05) is 6.92 Å². The van der Waals surface area contributed by atoms with Crippen LogP contribution in [-0.2, 0) is 4.79 Å². The van der Waals surface area contributed by atoms with E-state index >= 15 is 0 Å². The minimum atomic E-state index is -4.44. The summed E-state index contributed by atoms with van der Waals surface area (Å²) in [5, 5.41) is 5.32. The molecule has 1 fully saturated rings. The maximum Gasteiger partial charge on any atom is 0.406 e. The molecule has 2 rings (SSSR count). The van der Waals surface area contributed by atoms with E-state index in [0.717, 1.165) is 5.56 Å². The minimum absolute atomic E-state index is 0.129. The fraction of sp³-hybridized carbons (Fsp3) is 0.533. The average molecular weight is 344 g/mol. The van der Waals surface area contributed by atoms with Gasteiger partial charge in [0.2, 0.25) is 5.91 Å². The van der Waals surface area contributed by atoms with Gasteiger partial charge in [-0.05, 0) is 24.1 Å². The van der Waals surface area contributed by atoms with Crippen LogP contribution in [0.15, 0.2) is 24.5 Å². The molecule has 6 nitrogen and oxygen atoms in total. The molecule has 24 heavy (non-hydrogen) atoms. The number of halogens is 3. The van der Waals surface area contributed by atoms with Crippen LogP contribution >= 0.6 is 0 Å². The Morgan fingerprint density at radius 2 is 2.08 bits per heavy atom. The van der Waals surface area contributed by atoms with Gasteiger partial charge in [-0.3, -0.25) is 9.78 Å². The standard InChI is InChI=1S/C15H19F3N4O2/c1-2-12(10-3-5-19-6-4-10)21-14(24)20-11-7-13(23)22(8-11)9-15(16,17)18/h3-6,11-12H,2,7-9H2,1H3,(H2,20,21,24)/t11-,12+/m1/s1. The molecule has 2 heterocycles. The number of carbonyl (C=O) groups excluding carboxylic acids is 2. The lowest BCUT2D eigenvalue weighted by Gasteiger charge is -2.21.